The maximum Gasteiger partial charge on any atom is 0.262 e. The van der Waals surface area contributed by atoms with E-state index in [-0.39, 0.29) is 17.4 Å². The number of benzene rings is 2. The van der Waals surface area contributed by atoms with Gasteiger partial charge in [-0.1, -0.05) is 23.7 Å². The molecule has 0 aromatic heterocycles. The second-order valence-electron chi connectivity index (χ2n) is 5.53. The Morgan fingerprint density at radius 1 is 1.20 bits per heavy atom. The van der Waals surface area contributed by atoms with Crippen LogP contribution in [-0.4, -0.2) is 39.3 Å². The van der Waals surface area contributed by atoms with Gasteiger partial charge in [0.25, 0.3) is 5.91 Å². The zero-order chi connectivity index (χ0) is 18.6. The molecule has 0 fully saturated rings. The van der Waals surface area contributed by atoms with Gasteiger partial charge in [0, 0.05) is 14.1 Å². The third-order valence-corrected chi connectivity index (χ3v) is 5.57. The van der Waals surface area contributed by atoms with Crippen molar-refractivity contribution in [3.8, 4) is 5.75 Å². The maximum atomic E-state index is 12.1. The van der Waals surface area contributed by atoms with Crippen molar-refractivity contribution in [3.63, 3.8) is 0 Å². The second-order valence-corrected chi connectivity index (χ2v) is 8.09. The fourth-order valence-corrected chi connectivity index (χ4v) is 3.22. The van der Waals surface area contributed by atoms with E-state index in [2.05, 4.69) is 5.32 Å². The van der Waals surface area contributed by atoms with E-state index in [1.165, 1.54) is 32.3 Å². The lowest BCUT2D eigenvalue weighted by atomic mass is 10.2. The summed E-state index contributed by atoms with van der Waals surface area (Å²) in [5.41, 5.74) is 1.12. The molecule has 0 heterocycles. The third-order valence-electron chi connectivity index (χ3n) is 3.43. The predicted molar refractivity (Wildman–Crippen MR) is 97.6 cm³/mol. The molecule has 0 saturated carbocycles. The van der Waals surface area contributed by atoms with Crippen LogP contribution in [-0.2, 0) is 14.8 Å². The molecule has 0 aliphatic heterocycles. The highest BCUT2D eigenvalue weighted by Gasteiger charge is 2.18. The van der Waals surface area contributed by atoms with Crippen LogP contribution in [0.25, 0.3) is 0 Å². The number of carbonyl (C=O) groups excluding carboxylic acids is 1. The van der Waals surface area contributed by atoms with Gasteiger partial charge in [0.1, 0.15) is 5.75 Å². The molecule has 134 valence electrons. The SMILES string of the molecule is Cc1cc(S(=O)(=O)N(C)C)ccc1OCC(=O)Nc1ccccc1Cl. The lowest BCUT2D eigenvalue weighted by Crippen LogP contribution is -2.22. The van der Waals surface area contributed by atoms with Crippen LogP contribution in [0, 0.1) is 6.92 Å². The van der Waals surface area contributed by atoms with Crippen molar-refractivity contribution >= 4 is 33.2 Å². The summed E-state index contributed by atoms with van der Waals surface area (Å²) in [6.45, 7) is 1.50. The van der Waals surface area contributed by atoms with Crippen LogP contribution in [0.3, 0.4) is 0 Å². The number of nitrogens with one attached hydrogen (secondary N) is 1. The minimum absolute atomic E-state index is 0.169. The zero-order valence-corrected chi connectivity index (χ0v) is 15.7. The smallest absolute Gasteiger partial charge is 0.262 e. The van der Waals surface area contributed by atoms with E-state index in [0.717, 1.165) is 4.31 Å². The van der Waals surface area contributed by atoms with Crippen molar-refractivity contribution in [3.05, 3.63) is 53.1 Å². The number of anilines is 1. The van der Waals surface area contributed by atoms with Crippen molar-refractivity contribution < 1.29 is 17.9 Å². The molecule has 0 aliphatic carbocycles. The van der Waals surface area contributed by atoms with Gasteiger partial charge in [0.05, 0.1) is 15.6 Å². The second kappa shape index (κ2) is 7.86. The summed E-state index contributed by atoms with van der Waals surface area (Å²) in [4.78, 5) is 12.1. The topological polar surface area (TPSA) is 75.7 Å². The van der Waals surface area contributed by atoms with Crippen molar-refractivity contribution in [1.29, 1.82) is 0 Å². The summed E-state index contributed by atoms with van der Waals surface area (Å²) in [5.74, 6) is 0.0736. The van der Waals surface area contributed by atoms with Gasteiger partial charge in [0.2, 0.25) is 10.0 Å². The third kappa shape index (κ3) is 4.72. The van der Waals surface area contributed by atoms with Crippen molar-refractivity contribution in [2.45, 2.75) is 11.8 Å². The van der Waals surface area contributed by atoms with Gasteiger partial charge < -0.3 is 10.1 Å². The molecule has 0 spiro atoms. The molecule has 2 aromatic carbocycles. The largest absolute Gasteiger partial charge is 0.483 e. The molecule has 0 atom stereocenters. The molecule has 0 unspecified atom stereocenters. The number of hydrogen-bond acceptors (Lipinski definition) is 4. The normalized spacial score (nSPS) is 11.4. The average molecular weight is 383 g/mol. The number of hydrogen-bond donors (Lipinski definition) is 1. The van der Waals surface area contributed by atoms with E-state index in [0.29, 0.717) is 22.0 Å². The maximum absolute atomic E-state index is 12.1. The van der Waals surface area contributed by atoms with Crippen LogP contribution in [0.5, 0.6) is 5.75 Å². The molecule has 1 amide bonds. The average Bonchev–Trinajstić information content (AvgIpc) is 2.55. The fraction of sp³-hybridized carbons (Fsp3) is 0.235. The first-order valence-electron chi connectivity index (χ1n) is 7.42. The van der Waals surface area contributed by atoms with Crippen LogP contribution in [0.15, 0.2) is 47.4 Å². The molecule has 1 N–H and O–H groups in total. The highest BCUT2D eigenvalue weighted by atomic mass is 35.5. The van der Waals surface area contributed by atoms with Gasteiger partial charge >= 0.3 is 0 Å². The minimum atomic E-state index is -3.51. The number of halogens is 1. The number of para-hydroxylation sites is 1. The molecule has 0 aliphatic rings. The Morgan fingerprint density at radius 3 is 2.48 bits per heavy atom. The van der Waals surface area contributed by atoms with Gasteiger partial charge in [-0.15, -0.1) is 0 Å². The number of rotatable bonds is 6. The summed E-state index contributed by atoms with van der Waals surface area (Å²) in [7, 11) is -0.576. The van der Waals surface area contributed by atoms with E-state index in [9.17, 15) is 13.2 Å². The Hall–Kier alpha value is -2.09. The van der Waals surface area contributed by atoms with Crippen LogP contribution >= 0.6 is 11.6 Å². The number of amides is 1. The highest BCUT2D eigenvalue weighted by molar-refractivity contribution is 7.89. The molecular weight excluding hydrogens is 364 g/mol. The molecule has 2 rings (SSSR count). The van der Waals surface area contributed by atoms with Crippen LogP contribution < -0.4 is 10.1 Å². The summed E-state index contributed by atoms with van der Waals surface area (Å²) in [6.07, 6.45) is 0. The van der Waals surface area contributed by atoms with Gasteiger partial charge in [-0.25, -0.2) is 12.7 Å². The van der Waals surface area contributed by atoms with Crippen LogP contribution in [0.1, 0.15) is 5.56 Å². The lowest BCUT2D eigenvalue weighted by molar-refractivity contribution is -0.118. The summed E-state index contributed by atoms with van der Waals surface area (Å²) >= 11 is 5.98. The first-order chi connectivity index (χ1) is 11.7. The van der Waals surface area contributed by atoms with Crippen molar-refractivity contribution in [1.82, 2.24) is 4.31 Å². The van der Waals surface area contributed by atoms with E-state index in [1.807, 2.05) is 0 Å². The Labute approximate surface area is 152 Å². The predicted octanol–water partition coefficient (Wildman–Crippen LogP) is 2.92. The quantitative estimate of drug-likeness (QED) is 0.833. The van der Waals surface area contributed by atoms with Crippen molar-refractivity contribution in [2.75, 3.05) is 26.0 Å². The standard InChI is InChI=1S/C17H19ClN2O4S/c1-12-10-13(25(22,23)20(2)3)8-9-16(12)24-11-17(21)19-15-7-5-4-6-14(15)18/h4-10H,11H2,1-3H3,(H,19,21). The molecule has 0 radical (unpaired) electrons. The first kappa shape index (κ1) is 19.2. The molecule has 6 nitrogen and oxygen atoms in total. The number of nitrogens with zero attached hydrogens (tertiary/aromatic N) is 1. The Balaban J connectivity index is 2.04. The van der Waals surface area contributed by atoms with Crippen LogP contribution in [0.2, 0.25) is 5.02 Å². The monoisotopic (exact) mass is 382 g/mol. The van der Waals surface area contributed by atoms with E-state index in [1.54, 1.807) is 31.2 Å². The molecular formula is C17H19ClN2O4S. The van der Waals surface area contributed by atoms with Gasteiger partial charge in [0.15, 0.2) is 6.61 Å². The van der Waals surface area contributed by atoms with Crippen LogP contribution in [0.4, 0.5) is 5.69 Å². The fourth-order valence-electron chi connectivity index (χ4n) is 2.05. The van der Waals surface area contributed by atoms with Crippen molar-refractivity contribution in [2.24, 2.45) is 0 Å². The van der Waals surface area contributed by atoms with E-state index >= 15 is 0 Å². The number of carbonyl (C=O) groups is 1. The van der Waals surface area contributed by atoms with Gasteiger partial charge in [-0.3, -0.25) is 4.79 Å². The highest BCUT2D eigenvalue weighted by Crippen LogP contribution is 2.24. The first-order valence-corrected chi connectivity index (χ1v) is 9.24. The van der Waals surface area contributed by atoms with E-state index in [4.69, 9.17) is 16.3 Å². The summed E-state index contributed by atoms with van der Waals surface area (Å²) in [5, 5.41) is 3.09. The molecule has 8 heteroatoms. The number of sulfonamides is 1. The summed E-state index contributed by atoms with van der Waals surface area (Å²) < 4.78 is 30.8. The Bertz CT molecular complexity index is 882. The lowest BCUT2D eigenvalue weighted by Gasteiger charge is -2.14. The summed E-state index contributed by atoms with van der Waals surface area (Å²) in [6, 6.07) is 11.4. The minimum Gasteiger partial charge on any atom is -0.483 e. The van der Waals surface area contributed by atoms with Gasteiger partial charge in [-0.05, 0) is 42.8 Å². The Morgan fingerprint density at radius 2 is 1.88 bits per heavy atom. The molecule has 25 heavy (non-hydrogen) atoms. The number of aryl methyl sites for hydroxylation is 1. The number of ether oxygens (including phenoxy) is 1. The van der Waals surface area contributed by atoms with Gasteiger partial charge in [-0.2, -0.15) is 0 Å². The molecule has 0 bridgehead atoms. The molecule has 0 saturated heterocycles. The zero-order valence-electron chi connectivity index (χ0n) is 14.1. The molecule has 2 aromatic rings. The van der Waals surface area contributed by atoms with E-state index < -0.39 is 10.0 Å². The Kier molecular flexibility index (Phi) is 6.05.